The van der Waals surface area contributed by atoms with Gasteiger partial charge in [-0.25, -0.2) is 4.79 Å². The molecule has 0 saturated heterocycles. The van der Waals surface area contributed by atoms with E-state index >= 15 is 0 Å². The van der Waals surface area contributed by atoms with Crippen LogP contribution in [0.4, 0.5) is 4.79 Å². The Hall–Kier alpha value is -1.17. The van der Waals surface area contributed by atoms with Crippen LogP contribution >= 0.6 is 0 Å². The van der Waals surface area contributed by atoms with Crippen molar-refractivity contribution in [1.82, 2.24) is 10.6 Å². The second kappa shape index (κ2) is 6.31. The molecule has 0 atom stereocenters. The molecular weight excluding hydrogens is 176 g/mol. The summed E-state index contributed by atoms with van der Waals surface area (Å²) < 4.78 is 0. The van der Waals surface area contributed by atoms with Crippen molar-refractivity contribution in [2.24, 2.45) is 0 Å². The van der Waals surface area contributed by atoms with E-state index in [0.29, 0.717) is 6.54 Å². The zero-order valence-corrected chi connectivity index (χ0v) is 9.31. The Morgan fingerprint density at radius 2 is 2.00 bits per heavy atom. The molecule has 2 amide bonds. The van der Waals surface area contributed by atoms with Crippen LogP contribution in [0, 0.1) is 12.3 Å². The molecule has 0 aliphatic rings. The van der Waals surface area contributed by atoms with Crippen LogP contribution in [0.5, 0.6) is 0 Å². The topological polar surface area (TPSA) is 41.1 Å². The molecule has 0 heterocycles. The highest BCUT2D eigenvalue weighted by Gasteiger charge is 2.12. The van der Waals surface area contributed by atoms with Gasteiger partial charge in [-0.3, -0.25) is 0 Å². The predicted molar refractivity (Wildman–Crippen MR) is 59.0 cm³/mol. The summed E-state index contributed by atoms with van der Waals surface area (Å²) in [6.07, 6.45) is 7.78. The van der Waals surface area contributed by atoms with Crippen molar-refractivity contribution in [2.75, 3.05) is 6.54 Å². The maximum atomic E-state index is 11.2. The molecule has 0 bridgehead atoms. The smallest absolute Gasteiger partial charge is 0.315 e. The molecule has 2 N–H and O–H groups in total. The average molecular weight is 196 g/mol. The predicted octanol–water partition coefficient (Wildman–Crippen LogP) is 1.89. The Morgan fingerprint density at radius 3 is 2.50 bits per heavy atom. The van der Waals surface area contributed by atoms with Gasteiger partial charge in [-0.1, -0.05) is 0 Å². The summed E-state index contributed by atoms with van der Waals surface area (Å²) in [5.41, 5.74) is -0.178. The summed E-state index contributed by atoms with van der Waals surface area (Å²) in [6.45, 7) is 6.53. The molecule has 0 aromatic rings. The van der Waals surface area contributed by atoms with Crippen molar-refractivity contribution in [2.45, 2.75) is 45.6 Å². The largest absolute Gasteiger partial charge is 0.338 e. The summed E-state index contributed by atoms with van der Waals surface area (Å²) in [7, 11) is 0. The van der Waals surface area contributed by atoms with Crippen molar-refractivity contribution in [3.8, 4) is 12.3 Å². The second-order valence-corrected chi connectivity index (χ2v) is 4.29. The Labute approximate surface area is 86.6 Å². The van der Waals surface area contributed by atoms with Crippen LogP contribution in [-0.4, -0.2) is 18.1 Å². The van der Waals surface area contributed by atoms with Gasteiger partial charge in [0.25, 0.3) is 0 Å². The van der Waals surface area contributed by atoms with Gasteiger partial charge in [0.1, 0.15) is 0 Å². The highest BCUT2D eigenvalue weighted by atomic mass is 16.2. The fraction of sp³-hybridized carbons (Fsp3) is 0.727. The third kappa shape index (κ3) is 8.92. The van der Waals surface area contributed by atoms with Crippen LogP contribution in [0.2, 0.25) is 0 Å². The van der Waals surface area contributed by atoms with Crippen molar-refractivity contribution in [3.05, 3.63) is 0 Å². The third-order valence-electron chi connectivity index (χ3n) is 1.52. The maximum Gasteiger partial charge on any atom is 0.315 e. The van der Waals surface area contributed by atoms with Crippen molar-refractivity contribution in [3.63, 3.8) is 0 Å². The van der Waals surface area contributed by atoms with Gasteiger partial charge in [-0.05, 0) is 33.6 Å². The van der Waals surface area contributed by atoms with Gasteiger partial charge in [0.15, 0.2) is 0 Å². The van der Waals surface area contributed by atoms with E-state index in [0.717, 1.165) is 19.3 Å². The second-order valence-electron chi connectivity index (χ2n) is 4.29. The van der Waals surface area contributed by atoms with Crippen LogP contribution in [0.25, 0.3) is 0 Å². The van der Waals surface area contributed by atoms with Crippen molar-refractivity contribution >= 4 is 6.03 Å². The lowest BCUT2D eigenvalue weighted by molar-refractivity contribution is 0.232. The minimum atomic E-state index is -0.178. The highest BCUT2D eigenvalue weighted by Crippen LogP contribution is 1.97. The van der Waals surface area contributed by atoms with E-state index in [4.69, 9.17) is 6.42 Å². The van der Waals surface area contributed by atoms with Gasteiger partial charge < -0.3 is 10.6 Å². The number of carbonyl (C=O) groups is 1. The zero-order valence-electron chi connectivity index (χ0n) is 9.31. The lowest BCUT2D eigenvalue weighted by Gasteiger charge is -2.20. The number of unbranched alkanes of at least 4 members (excludes halogenated alkanes) is 2. The number of urea groups is 1. The monoisotopic (exact) mass is 196 g/mol. The first-order valence-electron chi connectivity index (χ1n) is 4.95. The number of rotatable bonds is 4. The molecule has 0 radical (unpaired) electrons. The average Bonchev–Trinajstić information content (AvgIpc) is 2.00. The highest BCUT2D eigenvalue weighted by molar-refractivity contribution is 5.74. The van der Waals surface area contributed by atoms with Crippen LogP contribution in [0.15, 0.2) is 0 Å². The fourth-order valence-electron chi connectivity index (χ4n) is 0.939. The van der Waals surface area contributed by atoms with Gasteiger partial charge in [-0.2, -0.15) is 0 Å². The van der Waals surface area contributed by atoms with E-state index < -0.39 is 0 Å². The Bertz CT molecular complexity index is 210. The van der Waals surface area contributed by atoms with Gasteiger partial charge in [0.05, 0.1) is 0 Å². The summed E-state index contributed by atoms with van der Waals surface area (Å²) in [5, 5.41) is 5.60. The normalized spacial score (nSPS) is 10.4. The van der Waals surface area contributed by atoms with Crippen LogP contribution in [0.1, 0.15) is 40.0 Å². The number of amides is 2. The standard InChI is InChI=1S/C11H20N2O/c1-5-6-7-8-9-12-10(14)13-11(2,3)4/h1H,6-9H2,2-4H3,(H2,12,13,14). The van der Waals surface area contributed by atoms with E-state index in [9.17, 15) is 4.79 Å². The number of terminal acetylenes is 1. The molecule has 3 nitrogen and oxygen atoms in total. The van der Waals surface area contributed by atoms with Gasteiger partial charge >= 0.3 is 6.03 Å². The first-order valence-corrected chi connectivity index (χ1v) is 4.95. The third-order valence-corrected chi connectivity index (χ3v) is 1.52. The Morgan fingerprint density at radius 1 is 1.36 bits per heavy atom. The van der Waals surface area contributed by atoms with Gasteiger partial charge in [0, 0.05) is 18.5 Å². The van der Waals surface area contributed by atoms with Crippen LogP contribution < -0.4 is 10.6 Å². The van der Waals surface area contributed by atoms with Crippen molar-refractivity contribution < 1.29 is 4.79 Å². The summed E-state index contributed by atoms with van der Waals surface area (Å²) >= 11 is 0. The number of carbonyl (C=O) groups excluding carboxylic acids is 1. The minimum Gasteiger partial charge on any atom is -0.338 e. The molecule has 80 valence electrons. The molecular formula is C11H20N2O. The molecule has 0 aromatic heterocycles. The Balaban J connectivity index is 3.42. The number of hydrogen-bond acceptors (Lipinski definition) is 1. The quantitative estimate of drug-likeness (QED) is 0.523. The number of hydrogen-bond donors (Lipinski definition) is 2. The summed E-state index contributed by atoms with van der Waals surface area (Å²) in [5.74, 6) is 2.57. The van der Waals surface area contributed by atoms with Gasteiger partial charge in [-0.15, -0.1) is 12.3 Å². The summed E-state index contributed by atoms with van der Waals surface area (Å²) in [4.78, 5) is 11.2. The molecule has 0 aromatic carbocycles. The van der Waals surface area contributed by atoms with Crippen LogP contribution in [0.3, 0.4) is 0 Å². The first kappa shape index (κ1) is 12.8. The van der Waals surface area contributed by atoms with E-state index in [-0.39, 0.29) is 11.6 Å². The minimum absolute atomic E-state index is 0.113. The molecule has 0 spiro atoms. The molecule has 0 rings (SSSR count). The van der Waals surface area contributed by atoms with Crippen LogP contribution in [-0.2, 0) is 0 Å². The number of nitrogens with one attached hydrogen (secondary N) is 2. The summed E-state index contributed by atoms with van der Waals surface area (Å²) in [6, 6.07) is -0.113. The fourth-order valence-corrected chi connectivity index (χ4v) is 0.939. The Kier molecular flexibility index (Phi) is 5.78. The van der Waals surface area contributed by atoms with Crippen molar-refractivity contribution in [1.29, 1.82) is 0 Å². The molecule has 0 aliphatic heterocycles. The van der Waals surface area contributed by atoms with E-state index in [1.54, 1.807) is 0 Å². The molecule has 0 aliphatic carbocycles. The molecule has 14 heavy (non-hydrogen) atoms. The van der Waals surface area contributed by atoms with Gasteiger partial charge in [0.2, 0.25) is 0 Å². The lowest BCUT2D eigenvalue weighted by atomic mass is 10.1. The first-order chi connectivity index (χ1) is 6.45. The molecule has 3 heteroatoms. The molecule has 0 fully saturated rings. The maximum absolute atomic E-state index is 11.2. The van der Waals surface area contributed by atoms with E-state index in [1.165, 1.54) is 0 Å². The SMILES string of the molecule is C#CCCCCNC(=O)NC(C)(C)C. The lowest BCUT2D eigenvalue weighted by Crippen LogP contribution is -2.46. The molecule has 0 unspecified atom stereocenters. The van der Waals surface area contributed by atoms with E-state index in [1.807, 2.05) is 20.8 Å². The molecule has 0 saturated carbocycles. The zero-order chi connectivity index (χ0) is 11.0. The van der Waals surface area contributed by atoms with E-state index in [2.05, 4.69) is 16.6 Å².